The Hall–Kier alpha value is -2.30. The molecule has 2 rings (SSSR count). The van der Waals surface area contributed by atoms with Gasteiger partial charge in [0, 0.05) is 18.3 Å². The number of rotatable bonds is 4. The Labute approximate surface area is 111 Å². The highest BCUT2D eigenvalue weighted by Gasteiger charge is 2.19. The number of carboxylic acids is 1. The van der Waals surface area contributed by atoms with Crippen LogP contribution in [0.5, 0.6) is 5.75 Å². The topological polar surface area (TPSA) is 64.4 Å². The van der Waals surface area contributed by atoms with Gasteiger partial charge in [-0.15, -0.1) is 0 Å². The fraction of sp³-hybridized carbons (Fsp3) is 0.286. The molecule has 0 aliphatic carbocycles. The van der Waals surface area contributed by atoms with Crippen LogP contribution in [0.3, 0.4) is 0 Å². The summed E-state index contributed by atoms with van der Waals surface area (Å²) in [6, 6.07) is 5.62. The van der Waals surface area contributed by atoms with Crippen molar-refractivity contribution in [1.29, 1.82) is 0 Å². The fourth-order valence-corrected chi connectivity index (χ4v) is 1.95. The predicted molar refractivity (Wildman–Crippen MR) is 71.6 cm³/mol. The minimum Gasteiger partial charge on any atom is -0.496 e. The third-order valence-corrected chi connectivity index (χ3v) is 2.93. The Morgan fingerprint density at radius 3 is 2.79 bits per heavy atom. The molecule has 2 aromatic rings. The predicted octanol–water partition coefficient (Wildman–Crippen LogP) is 2.59. The second-order valence-corrected chi connectivity index (χ2v) is 4.26. The van der Waals surface area contributed by atoms with Crippen LogP contribution in [-0.4, -0.2) is 28.0 Å². The molecule has 0 aliphatic heterocycles. The number of nitrogens with zero attached hydrogens (tertiary/aromatic N) is 2. The smallest absolute Gasteiger partial charge is 0.339 e. The Morgan fingerprint density at radius 2 is 2.21 bits per heavy atom. The van der Waals surface area contributed by atoms with Gasteiger partial charge in [-0.25, -0.2) is 4.79 Å². The number of hydrogen-bond acceptors (Lipinski definition) is 3. The average molecular weight is 260 g/mol. The quantitative estimate of drug-likeness (QED) is 0.917. The van der Waals surface area contributed by atoms with Gasteiger partial charge in [0.1, 0.15) is 17.0 Å². The fourth-order valence-electron chi connectivity index (χ4n) is 1.95. The average Bonchev–Trinajstić information content (AvgIpc) is 2.83. The molecule has 0 saturated carbocycles. The normalized spacial score (nSPS) is 10.5. The van der Waals surface area contributed by atoms with E-state index in [1.54, 1.807) is 18.0 Å². The van der Waals surface area contributed by atoms with E-state index in [9.17, 15) is 9.90 Å². The lowest BCUT2D eigenvalue weighted by Crippen LogP contribution is -1.98. The molecule has 0 amide bonds. The highest BCUT2D eigenvalue weighted by atomic mass is 16.5. The first kappa shape index (κ1) is 13.1. The number of ether oxygens (including phenoxy) is 1. The monoisotopic (exact) mass is 260 g/mol. The molecule has 5 heteroatoms. The van der Waals surface area contributed by atoms with Gasteiger partial charge in [0.05, 0.1) is 7.11 Å². The van der Waals surface area contributed by atoms with Gasteiger partial charge in [0.15, 0.2) is 0 Å². The first-order chi connectivity index (χ1) is 9.06. The van der Waals surface area contributed by atoms with Crippen LogP contribution in [0.2, 0.25) is 0 Å². The molecule has 19 heavy (non-hydrogen) atoms. The van der Waals surface area contributed by atoms with Gasteiger partial charge in [-0.1, -0.05) is 11.6 Å². The molecule has 0 fully saturated rings. The minimum atomic E-state index is -0.988. The lowest BCUT2D eigenvalue weighted by atomic mass is 10.0. The van der Waals surface area contributed by atoms with E-state index in [4.69, 9.17) is 4.74 Å². The highest BCUT2D eigenvalue weighted by Crippen LogP contribution is 2.32. The number of hydrogen-bond donors (Lipinski definition) is 1. The maximum Gasteiger partial charge on any atom is 0.339 e. The second-order valence-electron chi connectivity index (χ2n) is 4.26. The number of aromatic carboxylic acids is 1. The van der Waals surface area contributed by atoms with E-state index >= 15 is 0 Å². The number of aromatic nitrogens is 2. The third-order valence-electron chi connectivity index (χ3n) is 2.93. The number of aryl methyl sites for hydroxylation is 2. The third kappa shape index (κ3) is 2.45. The minimum absolute atomic E-state index is 0.186. The van der Waals surface area contributed by atoms with Gasteiger partial charge in [0.25, 0.3) is 0 Å². The molecule has 0 spiro atoms. The van der Waals surface area contributed by atoms with E-state index in [0.717, 1.165) is 5.56 Å². The van der Waals surface area contributed by atoms with Crippen molar-refractivity contribution in [3.05, 3.63) is 35.5 Å². The molecule has 5 nitrogen and oxygen atoms in total. The molecule has 1 aromatic carbocycles. The number of carbonyl (C=O) groups is 1. The summed E-state index contributed by atoms with van der Waals surface area (Å²) < 4.78 is 6.90. The van der Waals surface area contributed by atoms with Crippen LogP contribution in [0, 0.1) is 6.92 Å². The van der Waals surface area contributed by atoms with Crippen molar-refractivity contribution in [3.8, 4) is 17.0 Å². The van der Waals surface area contributed by atoms with E-state index in [0.29, 0.717) is 23.6 Å². The van der Waals surface area contributed by atoms with Gasteiger partial charge in [-0.3, -0.25) is 4.68 Å². The van der Waals surface area contributed by atoms with Crippen LogP contribution in [0.15, 0.2) is 24.4 Å². The molecular weight excluding hydrogens is 244 g/mol. The summed E-state index contributed by atoms with van der Waals surface area (Å²) in [7, 11) is 1.56. The summed E-state index contributed by atoms with van der Waals surface area (Å²) in [6.07, 6.45) is 1.54. The van der Waals surface area contributed by atoms with Crippen LogP contribution in [0.4, 0.5) is 0 Å². The summed E-state index contributed by atoms with van der Waals surface area (Å²) in [6.45, 7) is 4.48. The van der Waals surface area contributed by atoms with Crippen LogP contribution in [0.25, 0.3) is 11.3 Å². The summed E-state index contributed by atoms with van der Waals surface area (Å²) in [5, 5.41) is 13.6. The van der Waals surface area contributed by atoms with Crippen LogP contribution in [0.1, 0.15) is 22.8 Å². The largest absolute Gasteiger partial charge is 0.496 e. The van der Waals surface area contributed by atoms with Crippen molar-refractivity contribution in [2.75, 3.05) is 7.11 Å². The van der Waals surface area contributed by atoms with Gasteiger partial charge in [-0.2, -0.15) is 5.10 Å². The first-order valence-electron chi connectivity index (χ1n) is 6.02. The molecule has 100 valence electrons. The van der Waals surface area contributed by atoms with Crippen LogP contribution >= 0.6 is 0 Å². The Balaban J connectivity index is 2.66. The van der Waals surface area contributed by atoms with E-state index in [1.807, 2.05) is 32.0 Å². The van der Waals surface area contributed by atoms with E-state index in [2.05, 4.69) is 5.10 Å². The van der Waals surface area contributed by atoms with Gasteiger partial charge >= 0.3 is 5.97 Å². The van der Waals surface area contributed by atoms with E-state index in [-0.39, 0.29) is 5.56 Å². The molecule has 1 N–H and O–H groups in total. The number of methoxy groups -OCH3 is 1. The lowest BCUT2D eigenvalue weighted by Gasteiger charge is -2.08. The molecule has 1 heterocycles. The summed E-state index contributed by atoms with van der Waals surface area (Å²) in [4.78, 5) is 11.3. The lowest BCUT2D eigenvalue weighted by molar-refractivity contribution is 0.0697. The highest BCUT2D eigenvalue weighted by molar-refractivity contribution is 5.95. The van der Waals surface area contributed by atoms with Gasteiger partial charge < -0.3 is 9.84 Å². The molecular formula is C14H16N2O3. The molecule has 0 atom stereocenters. The second kappa shape index (κ2) is 5.14. The standard InChI is InChI=1S/C14H16N2O3/c1-4-16-8-11(14(17)18)13(15-16)10-7-9(2)5-6-12(10)19-3/h5-8H,4H2,1-3H3,(H,17,18). The van der Waals surface area contributed by atoms with Crippen molar-refractivity contribution in [2.24, 2.45) is 0 Å². The molecule has 0 saturated heterocycles. The molecule has 0 aliphatic rings. The molecule has 0 bridgehead atoms. The maximum atomic E-state index is 11.3. The van der Waals surface area contributed by atoms with E-state index in [1.165, 1.54) is 0 Å². The summed E-state index contributed by atoms with van der Waals surface area (Å²) >= 11 is 0. The Kier molecular flexibility index (Phi) is 3.55. The zero-order valence-corrected chi connectivity index (χ0v) is 11.2. The first-order valence-corrected chi connectivity index (χ1v) is 6.02. The van der Waals surface area contributed by atoms with E-state index < -0.39 is 5.97 Å². The SMILES string of the molecule is CCn1cc(C(=O)O)c(-c2cc(C)ccc2OC)n1. The van der Waals surface area contributed by atoms with Gasteiger partial charge in [-0.05, 0) is 26.0 Å². The van der Waals surface area contributed by atoms with Crippen molar-refractivity contribution in [1.82, 2.24) is 9.78 Å². The van der Waals surface area contributed by atoms with Crippen LogP contribution in [-0.2, 0) is 6.54 Å². The zero-order valence-electron chi connectivity index (χ0n) is 11.2. The van der Waals surface area contributed by atoms with Gasteiger partial charge in [0.2, 0.25) is 0 Å². The summed E-state index contributed by atoms with van der Waals surface area (Å²) in [5.41, 5.74) is 2.35. The molecule has 0 radical (unpaired) electrons. The van der Waals surface area contributed by atoms with Crippen molar-refractivity contribution in [2.45, 2.75) is 20.4 Å². The van der Waals surface area contributed by atoms with Crippen molar-refractivity contribution >= 4 is 5.97 Å². The zero-order chi connectivity index (χ0) is 14.0. The van der Waals surface area contributed by atoms with Crippen molar-refractivity contribution < 1.29 is 14.6 Å². The Morgan fingerprint density at radius 1 is 1.47 bits per heavy atom. The summed E-state index contributed by atoms with van der Waals surface area (Å²) in [5.74, 6) is -0.368. The number of benzene rings is 1. The molecule has 0 unspecified atom stereocenters. The van der Waals surface area contributed by atoms with Crippen molar-refractivity contribution in [3.63, 3.8) is 0 Å². The maximum absolute atomic E-state index is 11.3. The Bertz CT molecular complexity index is 617. The van der Waals surface area contributed by atoms with Crippen LogP contribution < -0.4 is 4.74 Å². The molecule has 1 aromatic heterocycles. The number of carboxylic acid groups (broad SMARTS) is 1.